The predicted octanol–water partition coefficient (Wildman–Crippen LogP) is 4.88. The molecule has 0 saturated heterocycles. The largest absolute Gasteiger partial charge is 0.345 e. The van der Waals surface area contributed by atoms with Crippen molar-refractivity contribution in [2.24, 2.45) is 5.92 Å². The van der Waals surface area contributed by atoms with Gasteiger partial charge in [0.25, 0.3) is 0 Å². The highest BCUT2D eigenvalue weighted by Gasteiger charge is 2.25. The van der Waals surface area contributed by atoms with Crippen molar-refractivity contribution < 1.29 is 4.79 Å². The van der Waals surface area contributed by atoms with E-state index in [0.717, 1.165) is 23.3 Å². The van der Waals surface area contributed by atoms with E-state index in [1.807, 2.05) is 54.2 Å². The van der Waals surface area contributed by atoms with E-state index in [2.05, 4.69) is 43.6 Å². The van der Waals surface area contributed by atoms with E-state index in [-0.39, 0.29) is 24.0 Å². The van der Waals surface area contributed by atoms with Crippen molar-refractivity contribution in [3.8, 4) is 0 Å². The first-order valence-corrected chi connectivity index (χ1v) is 9.78. The number of carbonyl (C=O) groups excluding carboxylic acids is 1. The quantitative estimate of drug-likeness (QED) is 0.648. The Labute approximate surface area is 161 Å². The fraction of sp³-hybridized carbons (Fsp3) is 0.455. The van der Waals surface area contributed by atoms with Crippen LogP contribution in [0.2, 0.25) is 0 Å². The number of nitrogens with zero attached hydrogens (tertiary/aromatic N) is 3. The molecular formula is C22H30N4O. The molecule has 1 N–H and O–H groups in total. The lowest BCUT2D eigenvalue weighted by atomic mass is 10.0. The minimum absolute atomic E-state index is 0.0368. The van der Waals surface area contributed by atoms with Crippen LogP contribution in [0.15, 0.2) is 48.8 Å². The van der Waals surface area contributed by atoms with E-state index in [1.54, 1.807) is 0 Å². The Bertz CT molecular complexity index is 892. The third-order valence-electron chi connectivity index (χ3n) is 4.87. The van der Waals surface area contributed by atoms with Crippen molar-refractivity contribution in [3.05, 3.63) is 54.6 Å². The molecule has 1 amide bonds. The fourth-order valence-electron chi connectivity index (χ4n) is 3.65. The number of imidazole rings is 1. The Morgan fingerprint density at radius 1 is 1.04 bits per heavy atom. The van der Waals surface area contributed by atoms with E-state index < -0.39 is 0 Å². The summed E-state index contributed by atoms with van der Waals surface area (Å²) in [6.45, 7) is 10.6. The van der Waals surface area contributed by atoms with Crippen molar-refractivity contribution in [3.63, 3.8) is 0 Å². The molecule has 2 atom stereocenters. The first-order chi connectivity index (χ1) is 12.9. The van der Waals surface area contributed by atoms with E-state index in [0.29, 0.717) is 5.92 Å². The Kier molecular flexibility index (Phi) is 5.68. The number of amides is 1. The molecule has 0 saturated carbocycles. The van der Waals surface area contributed by atoms with Gasteiger partial charge in [0, 0.05) is 18.4 Å². The van der Waals surface area contributed by atoms with Crippen LogP contribution in [-0.2, 0) is 4.79 Å². The highest BCUT2D eigenvalue weighted by Crippen LogP contribution is 2.26. The number of carbonyl (C=O) groups is 1. The summed E-state index contributed by atoms with van der Waals surface area (Å²) in [6.07, 6.45) is 4.72. The van der Waals surface area contributed by atoms with Crippen LogP contribution in [0.1, 0.15) is 65.0 Å². The third kappa shape index (κ3) is 4.07. The zero-order valence-electron chi connectivity index (χ0n) is 16.9. The SMILES string of the molecule is CC(C)C[C@H](C(=O)N[C@H](C)c1nc2ccccc2n1C(C)C)n1cccc1. The molecule has 5 heteroatoms. The molecule has 0 radical (unpaired) electrons. The van der Waals surface area contributed by atoms with Gasteiger partial charge in [-0.25, -0.2) is 4.98 Å². The first-order valence-electron chi connectivity index (χ1n) is 9.78. The molecule has 3 rings (SSSR count). The van der Waals surface area contributed by atoms with Gasteiger partial charge in [0.1, 0.15) is 11.9 Å². The van der Waals surface area contributed by atoms with Crippen LogP contribution in [0, 0.1) is 5.92 Å². The van der Waals surface area contributed by atoms with Crippen LogP contribution in [0.25, 0.3) is 11.0 Å². The van der Waals surface area contributed by atoms with Crippen LogP contribution in [-0.4, -0.2) is 20.0 Å². The molecule has 2 heterocycles. The summed E-state index contributed by atoms with van der Waals surface area (Å²) in [4.78, 5) is 17.9. The fourth-order valence-corrected chi connectivity index (χ4v) is 3.65. The lowest BCUT2D eigenvalue weighted by molar-refractivity contribution is -0.125. The van der Waals surface area contributed by atoms with Gasteiger partial charge in [-0.05, 0) is 57.4 Å². The molecule has 0 spiro atoms. The van der Waals surface area contributed by atoms with Gasteiger partial charge in [0.2, 0.25) is 5.91 Å². The number of rotatable bonds is 7. The summed E-state index contributed by atoms with van der Waals surface area (Å²) >= 11 is 0. The van der Waals surface area contributed by atoms with E-state index >= 15 is 0 Å². The minimum atomic E-state index is -0.209. The second-order valence-electron chi connectivity index (χ2n) is 7.93. The van der Waals surface area contributed by atoms with Crippen LogP contribution in [0.4, 0.5) is 0 Å². The molecule has 1 aromatic carbocycles. The van der Waals surface area contributed by atoms with Gasteiger partial charge in [-0.15, -0.1) is 0 Å². The second kappa shape index (κ2) is 7.99. The summed E-state index contributed by atoms with van der Waals surface area (Å²) < 4.78 is 4.21. The maximum Gasteiger partial charge on any atom is 0.243 e. The Morgan fingerprint density at radius 3 is 2.33 bits per heavy atom. The maximum absolute atomic E-state index is 13.1. The van der Waals surface area contributed by atoms with E-state index in [9.17, 15) is 4.79 Å². The van der Waals surface area contributed by atoms with Gasteiger partial charge >= 0.3 is 0 Å². The number of hydrogen-bond donors (Lipinski definition) is 1. The van der Waals surface area contributed by atoms with E-state index in [4.69, 9.17) is 4.98 Å². The standard InChI is InChI=1S/C22H30N4O/c1-15(2)14-20(25-12-8-9-13-25)22(27)23-17(5)21-24-18-10-6-7-11-19(18)26(21)16(3)4/h6-13,15-17,20H,14H2,1-5H3,(H,23,27)/t17-,20-/m1/s1. The number of para-hydroxylation sites is 2. The molecule has 3 aromatic rings. The van der Waals surface area contributed by atoms with Crippen LogP contribution in [0.5, 0.6) is 0 Å². The molecule has 0 unspecified atom stereocenters. The van der Waals surface area contributed by atoms with Crippen molar-refractivity contribution in [2.75, 3.05) is 0 Å². The Balaban J connectivity index is 1.88. The molecular weight excluding hydrogens is 336 g/mol. The smallest absolute Gasteiger partial charge is 0.243 e. The van der Waals surface area contributed by atoms with Gasteiger partial charge < -0.3 is 14.5 Å². The van der Waals surface area contributed by atoms with Crippen molar-refractivity contribution in [2.45, 2.75) is 59.2 Å². The topological polar surface area (TPSA) is 51.9 Å². The number of aromatic nitrogens is 3. The summed E-state index contributed by atoms with van der Waals surface area (Å²) in [6, 6.07) is 11.9. The maximum atomic E-state index is 13.1. The average molecular weight is 367 g/mol. The predicted molar refractivity (Wildman–Crippen MR) is 110 cm³/mol. The second-order valence-corrected chi connectivity index (χ2v) is 7.93. The number of fused-ring (bicyclic) bond motifs is 1. The van der Waals surface area contributed by atoms with Crippen molar-refractivity contribution >= 4 is 16.9 Å². The lowest BCUT2D eigenvalue weighted by Gasteiger charge is -2.24. The summed E-state index contributed by atoms with van der Waals surface area (Å²) in [5.41, 5.74) is 2.07. The Morgan fingerprint density at radius 2 is 1.70 bits per heavy atom. The average Bonchev–Trinajstić information content (AvgIpc) is 3.26. The van der Waals surface area contributed by atoms with Crippen LogP contribution >= 0.6 is 0 Å². The monoisotopic (exact) mass is 366 g/mol. The molecule has 0 fully saturated rings. The molecule has 2 aromatic heterocycles. The lowest BCUT2D eigenvalue weighted by Crippen LogP contribution is -2.35. The van der Waals surface area contributed by atoms with Crippen LogP contribution in [0.3, 0.4) is 0 Å². The Hall–Kier alpha value is -2.56. The molecule has 0 bridgehead atoms. The summed E-state index contributed by atoms with van der Waals surface area (Å²) in [7, 11) is 0. The van der Waals surface area contributed by atoms with Gasteiger partial charge in [-0.3, -0.25) is 4.79 Å². The number of benzene rings is 1. The number of nitrogens with one attached hydrogen (secondary N) is 1. The molecule has 0 aliphatic carbocycles. The first kappa shape index (κ1) is 19.2. The zero-order valence-corrected chi connectivity index (χ0v) is 16.9. The molecule has 27 heavy (non-hydrogen) atoms. The normalized spacial score (nSPS) is 14.0. The minimum Gasteiger partial charge on any atom is -0.345 e. The van der Waals surface area contributed by atoms with Gasteiger partial charge in [-0.1, -0.05) is 26.0 Å². The highest BCUT2D eigenvalue weighted by atomic mass is 16.2. The van der Waals surface area contributed by atoms with Crippen molar-refractivity contribution in [1.82, 2.24) is 19.4 Å². The summed E-state index contributed by atoms with van der Waals surface area (Å²) in [5, 5.41) is 3.20. The number of hydrogen-bond acceptors (Lipinski definition) is 2. The van der Waals surface area contributed by atoms with Crippen molar-refractivity contribution in [1.29, 1.82) is 0 Å². The molecule has 144 valence electrons. The molecule has 0 aliphatic heterocycles. The van der Waals surface area contributed by atoms with Gasteiger partial charge in [-0.2, -0.15) is 0 Å². The van der Waals surface area contributed by atoms with Gasteiger partial charge in [0.15, 0.2) is 0 Å². The van der Waals surface area contributed by atoms with E-state index in [1.165, 1.54) is 0 Å². The third-order valence-corrected chi connectivity index (χ3v) is 4.87. The zero-order chi connectivity index (χ0) is 19.6. The highest BCUT2D eigenvalue weighted by molar-refractivity contribution is 5.81. The van der Waals surface area contributed by atoms with Gasteiger partial charge in [0.05, 0.1) is 17.1 Å². The van der Waals surface area contributed by atoms with Crippen LogP contribution < -0.4 is 5.32 Å². The summed E-state index contributed by atoms with van der Waals surface area (Å²) in [5.74, 6) is 1.36. The molecule has 0 aliphatic rings. The molecule has 5 nitrogen and oxygen atoms in total.